The second kappa shape index (κ2) is 5.58. The second-order valence-electron chi connectivity index (χ2n) is 6.59. The molecule has 2 aliphatic rings. The van der Waals surface area contributed by atoms with Crippen LogP contribution in [0.4, 0.5) is 10.7 Å². The van der Waals surface area contributed by atoms with E-state index in [0.717, 1.165) is 35.9 Å². The zero-order chi connectivity index (χ0) is 17.8. The third kappa shape index (κ3) is 2.11. The zero-order valence-electron chi connectivity index (χ0n) is 15.0. The van der Waals surface area contributed by atoms with Crippen molar-refractivity contribution in [3.63, 3.8) is 0 Å². The van der Waals surface area contributed by atoms with Crippen molar-refractivity contribution in [3.05, 3.63) is 23.5 Å². The number of urea groups is 1. The molecule has 1 fully saturated rings. The van der Waals surface area contributed by atoms with Crippen molar-refractivity contribution in [3.8, 4) is 0 Å². The predicted octanol–water partition coefficient (Wildman–Crippen LogP) is 1.86. The SMILES string of the molecule is C=C(C)CN1C(=O)C2C(=Nc3n2c(C)c(C)[n+]3CCC)N(C)C1=O. The van der Waals surface area contributed by atoms with Crippen LogP contribution in [0.15, 0.2) is 17.1 Å². The number of imide groups is 1. The topological polar surface area (TPSA) is 61.8 Å². The predicted molar refractivity (Wildman–Crippen MR) is 90.2 cm³/mol. The van der Waals surface area contributed by atoms with Crippen molar-refractivity contribution < 1.29 is 14.2 Å². The average molecular weight is 330 g/mol. The number of aromatic nitrogens is 2. The van der Waals surface area contributed by atoms with Gasteiger partial charge in [0.2, 0.25) is 11.9 Å². The highest BCUT2D eigenvalue weighted by molar-refractivity contribution is 6.20. The molecular weight excluding hydrogens is 306 g/mol. The van der Waals surface area contributed by atoms with Gasteiger partial charge in [0.25, 0.3) is 5.91 Å². The molecule has 3 rings (SSSR count). The van der Waals surface area contributed by atoms with Gasteiger partial charge in [-0.15, -0.1) is 0 Å². The smallest absolute Gasteiger partial charge is 0.270 e. The lowest BCUT2D eigenvalue weighted by Crippen LogP contribution is -2.58. The Hall–Kier alpha value is -2.44. The van der Waals surface area contributed by atoms with Crippen molar-refractivity contribution in [2.45, 2.75) is 46.7 Å². The first-order chi connectivity index (χ1) is 11.3. The van der Waals surface area contributed by atoms with Crippen LogP contribution in [0.5, 0.6) is 0 Å². The highest BCUT2D eigenvalue weighted by Gasteiger charge is 2.53. The van der Waals surface area contributed by atoms with E-state index in [1.807, 2.05) is 25.3 Å². The lowest BCUT2D eigenvalue weighted by Gasteiger charge is -2.33. The van der Waals surface area contributed by atoms with Crippen molar-refractivity contribution in [2.75, 3.05) is 13.6 Å². The molecule has 0 spiro atoms. The summed E-state index contributed by atoms with van der Waals surface area (Å²) >= 11 is 0. The summed E-state index contributed by atoms with van der Waals surface area (Å²) in [5.74, 6) is 1.02. The van der Waals surface area contributed by atoms with Gasteiger partial charge in [0.1, 0.15) is 11.4 Å². The van der Waals surface area contributed by atoms with Crippen LogP contribution in [0.3, 0.4) is 0 Å². The van der Waals surface area contributed by atoms with Crippen molar-refractivity contribution in [1.29, 1.82) is 0 Å². The number of hydrogen-bond donors (Lipinski definition) is 0. The molecule has 1 unspecified atom stereocenters. The maximum atomic E-state index is 13.0. The standard InChI is InChI=1S/C17H24N5O2/c1-7-8-20-11(4)12(5)22-13-14(18-16(20)22)19(6)17(24)21(15(13)23)9-10(2)3/h13H,2,7-9H2,1,3-6H3/q+1. The van der Waals surface area contributed by atoms with Gasteiger partial charge in [-0.3, -0.25) is 14.6 Å². The van der Waals surface area contributed by atoms with Crippen molar-refractivity contribution in [1.82, 2.24) is 14.4 Å². The van der Waals surface area contributed by atoms with Gasteiger partial charge in [0, 0.05) is 7.05 Å². The molecule has 3 amide bonds. The lowest BCUT2D eigenvalue weighted by molar-refractivity contribution is -0.689. The van der Waals surface area contributed by atoms with Gasteiger partial charge in [0.05, 0.1) is 13.1 Å². The Kier molecular flexibility index (Phi) is 3.81. The van der Waals surface area contributed by atoms with Crippen LogP contribution >= 0.6 is 0 Å². The number of carbonyl (C=O) groups is 2. The van der Waals surface area contributed by atoms with E-state index in [-0.39, 0.29) is 18.5 Å². The molecule has 128 valence electrons. The van der Waals surface area contributed by atoms with Crippen LogP contribution in [0.25, 0.3) is 0 Å². The molecule has 0 bridgehead atoms. The van der Waals surface area contributed by atoms with Crippen LogP contribution < -0.4 is 4.57 Å². The summed E-state index contributed by atoms with van der Waals surface area (Å²) in [4.78, 5) is 33.0. The number of fused-ring (bicyclic) bond motifs is 3. The Bertz CT molecular complexity index is 789. The minimum absolute atomic E-state index is 0.232. The molecule has 2 aliphatic heterocycles. The largest absolute Gasteiger partial charge is 0.402 e. The van der Waals surface area contributed by atoms with E-state index >= 15 is 0 Å². The summed E-state index contributed by atoms with van der Waals surface area (Å²) in [5, 5.41) is 0. The fraction of sp³-hybridized carbons (Fsp3) is 0.529. The summed E-state index contributed by atoms with van der Waals surface area (Å²) < 4.78 is 4.08. The summed E-state index contributed by atoms with van der Waals surface area (Å²) in [6, 6.07) is -0.918. The van der Waals surface area contributed by atoms with Crippen LogP contribution in [0.2, 0.25) is 0 Å². The molecule has 0 N–H and O–H groups in total. The molecule has 0 aromatic carbocycles. The Labute approximate surface area is 141 Å². The molecule has 1 aromatic heterocycles. The van der Waals surface area contributed by atoms with E-state index in [9.17, 15) is 9.59 Å². The fourth-order valence-corrected chi connectivity index (χ4v) is 3.41. The summed E-state index contributed by atoms with van der Waals surface area (Å²) in [5.41, 5.74) is 2.88. The quantitative estimate of drug-likeness (QED) is 0.625. The molecule has 0 aliphatic carbocycles. The molecule has 0 saturated carbocycles. The molecule has 1 aromatic rings. The molecule has 1 atom stereocenters. The number of rotatable bonds is 4. The van der Waals surface area contributed by atoms with Gasteiger partial charge in [0.15, 0.2) is 0 Å². The minimum Gasteiger partial charge on any atom is -0.270 e. The lowest BCUT2D eigenvalue weighted by atomic mass is 10.1. The minimum atomic E-state index is -0.571. The van der Waals surface area contributed by atoms with E-state index in [2.05, 4.69) is 23.1 Å². The average Bonchev–Trinajstić information content (AvgIpc) is 3.02. The monoisotopic (exact) mass is 330 g/mol. The van der Waals surface area contributed by atoms with Gasteiger partial charge in [-0.2, -0.15) is 0 Å². The number of amidine groups is 1. The number of nitrogens with zero attached hydrogens (tertiary/aromatic N) is 5. The van der Waals surface area contributed by atoms with E-state index in [1.54, 1.807) is 7.05 Å². The van der Waals surface area contributed by atoms with Gasteiger partial charge >= 0.3 is 12.0 Å². The van der Waals surface area contributed by atoms with Crippen LogP contribution in [-0.2, 0) is 11.3 Å². The van der Waals surface area contributed by atoms with Gasteiger partial charge < -0.3 is 0 Å². The molecular formula is C17H24N5O2+. The molecule has 7 nitrogen and oxygen atoms in total. The number of hydrogen-bond acceptors (Lipinski definition) is 3. The maximum absolute atomic E-state index is 13.0. The first kappa shape index (κ1) is 16.4. The fourth-order valence-electron chi connectivity index (χ4n) is 3.41. The summed E-state index contributed by atoms with van der Waals surface area (Å²) in [6.45, 7) is 12.8. The van der Waals surface area contributed by atoms with E-state index in [4.69, 9.17) is 0 Å². The Morgan fingerprint density at radius 2 is 2.00 bits per heavy atom. The van der Waals surface area contributed by atoms with Gasteiger partial charge in [-0.1, -0.05) is 24.1 Å². The zero-order valence-corrected chi connectivity index (χ0v) is 15.0. The second-order valence-corrected chi connectivity index (χ2v) is 6.59. The van der Waals surface area contributed by atoms with Crippen LogP contribution in [0.1, 0.15) is 37.7 Å². The Balaban J connectivity index is 2.13. The van der Waals surface area contributed by atoms with Crippen LogP contribution in [0, 0.1) is 13.8 Å². The van der Waals surface area contributed by atoms with E-state index < -0.39 is 6.04 Å². The van der Waals surface area contributed by atoms with E-state index in [0.29, 0.717) is 5.84 Å². The van der Waals surface area contributed by atoms with E-state index in [1.165, 1.54) is 9.80 Å². The first-order valence-electron chi connectivity index (χ1n) is 8.22. The summed E-state index contributed by atoms with van der Waals surface area (Å²) in [7, 11) is 1.67. The number of imidazole rings is 1. The number of carbonyl (C=O) groups excluding carboxylic acids is 2. The highest BCUT2D eigenvalue weighted by Crippen LogP contribution is 2.35. The van der Waals surface area contributed by atoms with Crippen LogP contribution in [-0.4, -0.2) is 45.7 Å². The van der Waals surface area contributed by atoms with Gasteiger partial charge in [-0.05, 0) is 27.2 Å². The Morgan fingerprint density at radius 3 is 2.58 bits per heavy atom. The third-order valence-corrected chi connectivity index (χ3v) is 4.70. The third-order valence-electron chi connectivity index (χ3n) is 4.70. The normalized spacial score (nSPS) is 19.5. The molecule has 0 radical (unpaired) electrons. The molecule has 3 heterocycles. The molecule has 1 saturated heterocycles. The molecule has 24 heavy (non-hydrogen) atoms. The van der Waals surface area contributed by atoms with Gasteiger partial charge in [-0.25, -0.2) is 13.9 Å². The molecule has 7 heteroatoms. The number of amides is 3. The van der Waals surface area contributed by atoms with Crippen molar-refractivity contribution >= 4 is 23.7 Å². The maximum Gasteiger partial charge on any atom is 0.402 e. The first-order valence-corrected chi connectivity index (χ1v) is 8.22. The van der Waals surface area contributed by atoms with Crippen molar-refractivity contribution in [2.24, 2.45) is 4.99 Å². The number of aliphatic imine (C=N–C) groups is 1. The Morgan fingerprint density at radius 1 is 1.33 bits per heavy atom. The summed E-state index contributed by atoms with van der Waals surface area (Å²) in [6.07, 6.45) is 0.974. The highest BCUT2D eigenvalue weighted by atomic mass is 16.2. The number of likely N-dealkylation sites (N-methyl/N-ethyl adjacent to an activating group) is 1.